The number of Topliss-reactive ketones (excluding diaryl/α,β-unsaturated/α-hetero) is 1. The fourth-order valence-electron chi connectivity index (χ4n) is 2.14. The van der Waals surface area contributed by atoms with Gasteiger partial charge in [-0.3, -0.25) is 14.9 Å². The molecule has 3 rings (SSSR count). The van der Waals surface area contributed by atoms with Crippen molar-refractivity contribution in [2.75, 3.05) is 0 Å². The molecule has 2 aromatic rings. The molecule has 0 N–H and O–H groups in total. The minimum atomic E-state index is -0.385. The van der Waals surface area contributed by atoms with E-state index in [1.807, 2.05) is 11.4 Å². The Morgan fingerprint density at radius 2 is 2.05 bits per heavy atom. The maximum Gasteiger partial charge on any atom is 0.273 e. The van der Waals surface area contributed by atoms with E-state index in [0.29, 0.717) is 12.0 Å². The van der Waals surface area contributed by atoms with Crippen LogP contribution < -0.4 is 0 Å². The molecule has 0 saturated heterocycles. The number of nitro benzene ring substituents is 1. The van der Waals surface area contributed by atoms with Crippen LogP contribution in [0.2, 0.25) is 0 Å². The minimum Gasteiger partial charge on any atom is -0.294 e. The molecule has 1 aliphatic rings. The molecule has 1 aliphatic heterocycles. The summed E-state index contributed by atoms with van der Waals surface area (Å²) in [4.78, 5) is 22.7. The molecular formula is C13H9NO3S2. The third-order valence-corrected chi connectivity index (χ3v) is 5.45. The van der Waals surface area contributed by atoms with Crippen molar-refractivity contribution < 1.29 is 9.72 Å². The SMILES string of the molecule is O=C1CC(c2ccccc2[N+](=O)[O-])Sc2sccc21. The molecule has 0 saturated carbocycles. The van der Waals surface area contributed by atoms with Crippen LogP contribution in [0, 0.1) is 10.1 Å². The Morgan fingerprint density at radius 3 is 2.84 bits per heavy atom. The van der Waals surface area contributed by atoms with Crippen molar-refractivity contribution in [3.05, 3.63) is 57.0 Å². The van der Waals surface area contributed by atoms with Gasteiger partial charge in [0.05, 0.1) is 9.13 Å². The van der Waals surface area contributed by atoms with E-state index < -0.39 is 0 Å². The van der Waals surface area contributed by atoms with E-state index in [1.165, 1.54) is 17.4 Å². The second-order valence-corrected chi connectivity index (χ2v) is 6.56. The van der Waals surface area contributed by atoms with Crippen molar-refractivity contribution >= 4 is 34.6 Å². The Labute approximate surface area is 117 Å². The summed E-state index contributed by atoms with van der Waals surface area (Å²) < 4.78 is 0.958. The second kappa shape index (κ2) is 4.79. The van der Waals surface area contributed by atoms with Crippen molar-refractivity contribution in [1.29, 1.82) is 0 Å². The van der Waals surface area contributed by atoms with Crippen LogP contribution in [0.25, 0.3) is 0 Å². The molecule has 0 fully saturated rings. The van der Waals surface area contributed by atoms with Gasteiger partial charge in [0, 0.05) is 28.9 Å². The molecule has 1 aromatic carbocycles. The average molecular weight is 291 g/mol. The number of para-hydroxylation sites is 1. The molecule has 0 aliphatic carbocycles. The molecule has 0 amide bonds. The lowest BCUT2D eigenvalue weighted by Gasteiger charge is -2.20. The summed E-state index contributed by atoms with van der Waals surface area (Å²) in [6.45, 7) is 0. The van der Waals surface area contributed by atoms with Gasteiger partial charge in [-0.25, -0.2) is 0 Å². The van der Waals surface area contributed by atoms with E-state index >= 15 is 0 Å². The molecule has 0 spiro atoms. The number of thiophene rings is 1. The van der Waals surface area contributed by atoms with E-state index in [0.717, 1.165) is 9.77 Å². The molecule has 0 radical (unpaired) electrons. The molecule has 6 heteroatoms. The zero-order valence-corrected chi connectivity index (χ0v) is 11.4. The highest BCUT2D eigenvalue weighted by atomic mass is 32.2. The molecule has 19 heavy (non-hydrogen) atoms. The van der Waals surface area contributed by atoms with Crippen LogP contribution >= 0.6 is 23.1 Å². The Bertz CT molecular complexity index is 665. The maximum absolute atomic E-state index is 12.0. The highest BCUT2D eigenvalue weighted by Crippen LogP contribution is 2.48. The number of thioether (sulfide) groups is 1. The Morgan fingerprint density at radius 1 is 1.26 bits per heavy atom. The normalized spacial score (nSPS) is 18.1. The molecule has 1 atom stereocenters. The van der Waals surface area contributed by atoms with Crippen molar-refractivity contribution in [2.24, 2.45) is 0 Å². The molecule has 1 aromatic heterocycles. The predicted molar refractivity (Wildman–Crippen MR) is 75.0 cm³/mol. The number of ketones is 1. The summed E-state index contributed by atoms with van der Waals surface area (Å²) in [5.41, 5.74) is 1.47. The van der Waals surface area contributed by atoms with Crippen LogP contribution in [0.3, 0.4) is 0 Å². The van der Waals surface area contributed by atoms with Crippen LogP contribution in [0.15, 0.2) is 39.9 Å². The van der Waals surface area contributed by atoms with Gasteiger partial charge in [0.25, 0.3) is 5.69 Å². The van der Waals surface area contributed by atoms with Crippen LogP contribution in [0.1, 0.15) is 27.6 Å². The van der Waals surface area contributed by atoms with Gasteiger partial charge in [0.15, 0.2) is 5.78 Å². The van der Waals surface area contributed by atoms with Gasteiger partial charge in [-0.2, -0.15) is 0 Å². The Balaban J connectivity index is 2.01. The van der Waals surface area contributed by atoms with Crippen LogP contribution in [-0.4, -0.2) is 10.7 Å². The van der Waals surface area contributed by atoms with Crippen molar-refractivity contribution in [2.45, 2.75) is 15.9 Å². The third kappa shape index (κ3) is 2.17. The highest BCUT2D eigenvalue weighted by molar-refractivity contribution is 8.01. The zero-order valence-electron chi connectivity index (χ0n) is 9.74. The van der Waals surface area contributed by atoms with E-state index in [2.05, 4.69) is 0 Å². The molecular weight excluding hydrogens is 282 g/mol. The fourth-order valence-corrected chi connectivity index (χ4v) is 4.64. The lowest BCUT2D eigenvalue weighted by Crippen LogP contribution is -2.11. The van der Waals surface area contributed by atoms with E-state index in [1.54, 1.807) is 30.0 Å². The zero-order chi connectivity index (χ0) is 13.4. The smallest absolute Gasteiger partial charge is 0.273 e. The van der Waals surface area contributed by atoms with Crippen molar-refractivity contribution in [1.82, 2.24) is 0 Å². The van der Waals surface area contributed by atoms with Gasteiger partial charge >= 0.3 is 0 Å². The van der Waals surface area contributed by atoms with Gasteiger partial charge in [0.2, 0.25) is 0 Å². The number of hydrogen-bond acceptors (Lipinski definition) is 5. The topological polar surface area (TPSA) is 60.2 Å². The monoisotopic (exact) mass is 291 g/mol. The second-order valence-electron chi connectivity index (χ2n) is 4.17. The summed E-state index contributed by atoms with van der Waals surface area (Å²) in [5.74, 6) is 0.0677. The Hall–Kier alpha value is -1.66. The van der Waals surface area contributed by atoms with Crippen LogP contribution in [0.4, 0.5) is 5.69 Å². The number of nitrogens with zero attached hydrogens (tertiary/aromatic N) is 1. The standard InChI is InChI=1S/C13H9NO3S2/c15-11-7-12(19-13-9(11)5-6-18-13)8-3-1-2-4-10(8)14(16)17/h1-6,12H,7H2. The quantitative estimate of drug-likeness (QED) is 0.618. The summed E-state index contributed by atoms with van der Waals surface area (Å²) in [6.07, 6.45) is 0.319. The first kappa shape index (κ1) is 12.4. The van der Waals surface area contributed by atoms with Gasteiger partial charge in [0.1, 0.15) is 0 Å². The lowest BCUT2D eigenvalue weighted by molar-refractivity contribution is -0.385. The van der Waals surface area contributed by atoms with Gasteiger partial charge in [-0.05, 0) is 11.4 Å². The largest absolute Gasteiger partial charge is 0.294 e. The number of carbonyl (C=O) groups excluding carboxylic acids is 1. The number of benzene rings is 1. The first-order valence-electron chi connectivity index (χ1n) is 5.67. The first-order valence-corrected chi connectivity index (χ1v) is 7.43. The maximum atomic E-state index is 12.0. The fraction of sp³-hybridized carbons (Fsp3) is 0.154. The number of hydrogen-bond donors (Lipinski definition) is 0. The minimum absolute atomic E-state index is 0.0677. The van der Waals surface area contributed by atoms with Gasteiger partial charge in [-0.15, -0.1) is 23.1 Å². The Kier molecular flexibility index (Phi) is 3.12. The third-order valence-electron chi connectivity index (χ3n) is 3.03. The van der Waals surface area contributed by atoms with Gasteiger partial charge in [-0.1, -0.05) is 18.2 Å². The average Bonchev–Trinajstić information content (AvgIpc) is 2.87. The van der Waals surface area contributed by atoms with E-state index in [4.69, 9.17) is 0 Å². The van der Waals surface area contributed by atoms with Crippen molar-refractivity contribution in [3.8, 4) is 0 Å². The summed E-state index contributed by atoms with van der Waals surface area (Å²) in [6, 6.07) is 8.47. The molecule has 1 unspecified atom stereocenters. The highest BCUT2D eigenvalue weighted by Gasteiger charge is 2.31. The first-order chi connectivity index (χ1) is 9.16. The summed E-state index contributed by atoms with van der Waals surface area (Å²) in [5, 5.41) is 12.8. The lowest BCUT2D eigenvalue weighted by atomic mass is 10.0. The van der Waals surface area contributed by atoms with E-state index in [9.17, 15) is 14.9 Å². The predicted octanol–water partition coefficient (Wildman–Crippen LogP) is 4.08. The number of nitro groups is 1. The molecule has 0 bridgehead atoms. The van der Waals surface area contributed by atoms with Crippen molar-refractivity contribution in [3.63, 3.8) is 0 Å². The number of rotatable bonds is 2. The molecule has 96 valence electrons. The summed E-state index contributed by atoms with van der Waals surface area (Å²) >= 11 is 3.06. The van der Waals surface area contributed by atoms with E-state index in [-0.39, 0.29) is 21.6 Å². The molecule has 4 nitrogen and oxygen atoms in total. The van der Waals surface area contributed by atoms with Crippen LogP contribution in [0.5, 0.6) is 0 Å². The molecule has 2 heterocycles. The number of carbonyl (C=O) groups is 1. The van der Waals surface area contributed by atoms with Crippen LogP contribution in [-0.2, 0) is 0 Å². The van der Waals surface area contributed by atoms with Gasteiger partial charge < -0.3 is 0 Å². The number of fused-ring (bicyclic) bond motifs is 1. The summed E-state index contributed by atoms with van der Waals surface area (Å²) in [7, 11) is 0.